The van der Waals surface area contributed by atoms with E-state index in [1.165, 1.54) is 11.1 Å². The van der Waals surface area contributed by atoms with Crippen molar-refractivity contribution < 1.29 is 0 Å². The Morgan fingerprint density at radius 3 is 1.40 bits per heavy atom. The summed E-state index contributed by atoms with van der Waals surface area (Å²) >= 11 is 0. The smallest absolute Gasteiger partial charge is 0.0146 e. The van der Waals surface area contributed by atoms with Gasteiger partial charge in [-0.1, -0.05) is 62.4 Å². The second-order valence-corrected chi connectivity index (χ2v) is 4.20. The Kier molecular flexibility index (Phi) is 2.59. The molecule has 0 bridgehead atoms. The molecule has 0 unspecified atom stereocenters. The summed E-state index contributed by atoms with van der Waals surface area (Å²) < 4.78 is 0. The van der Waals surface area contributed by atoms with Crippen LogP contribution >= 0.6 is 0 Å². The van der Waals surface area contributed by atoms with E-state index in [1.54, 1.807) is 0 Å². The van der Waals surface area contributed by atoms with E-state index in [-0.39, 0.29) is 5.41 Å². The van der Waals surface area contributed by atoms with Gasteiger partial charge in [-0.3, -0.25) is 0 Å². The molecule has 2 rings (SSSR count). The van der Waals surface area contributed by atoms with Crippen molar-refractivity contribution in [2.24, 2.45) is 0 Å². The van der Waals surface area contributed by atoms with Crippen LogP contribution in [0, 0.1) is 12.1 Å². The highest BCUT2D eigenvalue weighted by Gasteiger charge is 2.21. The van der Waals surface area contributed by atoms with Gasteiger partial charge in [0.1, 0.15) is 0 Å². The van der Waals surface area contributed by atoms with Crippen molar-refractivity contribution in [1.29, 1.82) is 0 Å². The van der Waals surface area contributed by atoms with E-state index in [1.807, 2.05) is 24.3 Å². The molecule has 0 atom stereocenters. The summed E-state index contributed by atoms with van der Waals surface area (Å²) in [5.74, 6) is 0. The highest BCUT2D eigenvalue weighted by atomic mass is 14.2. The zero-order valence-electron chi connectivity index (χ0n) is 9.12. The highest BCUT2D eigenvalue weighted by Crippen LogP contribution is 2.30. The number of hydrogen-bond donors (Lipinski definition) is 0. The molecule has 0 saturated heterocycles. The first-order chi connectivity index (χ1) is 7.21. The molecule has 74 valence electrons. The molecule has 2 aromatic rings. The number of rotatable bonds is 2. The van der Waals surface area contributed by atoms with Crippen molar-refractivity contribution in [3.05, 3.63) is 71.8 Å². The van der Waals surface area contributed by atoms with Gasteiger partial charge in [-0.25, -0.2) is 0 Å². The van der Waals surface area contributed by atoms with Gasteiger partial charge >= 0.3 is 0 Å². The SMILES string of the molecule is CC(C)(c1cc[c]cc1)c1cc[c]cc1. The second-order valence-electron chi connectivity index (χ2n) is 4.20. The van der Waals surface area contributed by atoms with E-state index in [4.69, 9.17) is 0 Å². The third kappa shape index (κ3) is 1.94. The van der Waals surface area contributed by atoms with Crippen LogP contribution in [0.3, 0.4) is 0 Å². The van der Waals surface area contributed by atoms with E-state index in [2.05, 4.69) is 50.2 Å². The molecule has 0 heterocycles. The Morgan fingerprint density at radius 2 is 1.07 bits per heavy atom. The number of benzene rings is 2. The van der Waals surface area contributed by atoms with Crippen LogP contribution in [0.2, 0.25) is 0 Å². The average molecular weight is 194 g/mol. The zero-order valence-corrected chi connectivity index (χ0v) is 9.12. The van der Waals surface area contributed by atoms with Crippen LogP contribution in [0.25, 0.3) is 0 Å². The summed E-state index contributed by atoms with van der Waals surface area (Å²) in [6.45, 7) is 4.47. The molecule has 2 aromatic carbocycles. The Bertz CT molecular complexity index is 371. The first-order valence-electron chi connectivity index (χ1n) is 5.14. The van der Waals surface area contributed by atoms with E-state index < -0.39 is 0 Å². The van der Waals surface area contributed by atoms with Gasteiger partial charge in [0.15, 0.2) is 0 Å². The minimum Gasteiger partial charge on any atom is -0.0575 e. The maximum absolute atomic E-state index is 3.05. The maximum atomic E-state index is 3.05. The lowest BCUT2D eigenvalue weighted by atomic mass is 9.78. The van der Waals surface area contributed by atoms with Crippen LogP contribution in [-0.2, 0) is 5.41 Å². The molecule has 0 nitrogen and oxygen atoms in total. The summed E-state index contributed by atoms with van der Waals surface area (Å²) in [7, 11) is 0. The van der Waals surface area contributed by atoms with Crippen molar-refractivity contribution in [3.63, 3.8) is 0 Å². The molecule has 0 aliphatic carbocycles. The quantitative estimate of drug-likeness (QED) is 0.685. The van der Waals surface area contributed by atoms with Gasteiger partial charge in [0.25, 0.3) is 0 Å². The lowest BCUT2D eigenvalue weighted by Gasteiger charge is -2.25. The molecule has 0 aliphatic rings. The fourth-order valence-electron chi connectivity index (χ4n) is 1.77. The first-order valence-corrected chi connectivity index (χ1v) is 5.14. The van der Waals surface area contributed by atoms with E-state index >= 15 is 0 Å². The monoisotopic (exact) mass is 194 g/mol. The largest absolute Gasteiger partial charge is 0.0575 e. The Morgan fingerprint density at radius 1 is 0.733 bits per heavy atom. The van der Waals surface area contributed by atoms with E-state index in [0.717, 1.165) is 0 Å². The lowest BCUT2D eigenvalue weighted by molar-refractivity contribution is 0.641. The predicted molar refractivity (Wildman–Crippen MR) is 62.7 cm³/mol. The summed E-state index contributed by atoms with van der Waals surface area (Å²) in [6.07, 6.45) is 0. The van der Waals surface area contributed by atoms with Gasteiger partial charge in [0, 0.05) is 5.41 Å². The fourth-order valence-corrected chi connectivity index (χ4v) is 1.77. The second kappa shape index (κ2) is 3.90. The molecule has 0 saturated carbocycles. The minimum atomic E-state index is 0.0458. The predicted octanol–water partition coefficient (Wildman–Crippen LogP) is 3.61. The minimum absolute atomic E-state index is 0.0458. The summed E-state index contributed by atoms with van der Waals surface area (Å²) in [5, 5.41) is 0. The molecule has 15 heavy (non-hydrogen) atoms. The van der Waals surface area contributed by atoms with Gasteiger partial charge in [0.05, 0.1) is 0 Å². The van der Waals surface area contributed by atoms with Crippen LogP contribution in [0.15, 0.2) is 48.5 Å². The molecule has 0 N–H and O–H groups in total. The average Bonchev–Trinajstić information content (AvgIpc) is 2.31. The van der Waals surface area contributed by atoms with Crippen molar-refractivity contribution in [3.8, 4) is 0 Å². The molecule has 0 aliphatic heterocycles. The van der Waals surface area contributed by atoms with E-state index in [9.17, 15) is 0 Å². The Hall–Kier alpha value is -1.56. The normalized spacial score (nSPS) is 11.3. The number of hydrogen-bond acceptors (Lipinski definition) is 0. The molecular weight excluding hydrogens is 180 g/mol. The van der Waals surface area contributed by atoms with Crippen LogP contribution in [0.4, 0.5) is 0 Å². The summed E-state index contributed by atoms with van der Waals surface area (Å²) in [4.78, 5) is 0. The van der Waals surface area contributed by atoms with Crippen molar-refractivity contribution in [1.82, 2.24) is 0 Å². The van der Waals surface area contributed by atoms with Crippen LogP contribution in [0.1, 0.15) is 25.0 Å². The molecular formula is C15H14. The van der Waals surface area contributed by atoms with Crippen LogP contribution < -0.4 is 0 Å². The van der Waals surface area contributed by atoms with Crippen molar-refractivity contribution in [2.75, 3.05) is 0 Å². The maximum Gasteiger partial charge on any atom is 0.0146 e. The first kappa shape index (κ1) is 9.97. The van der Waals surface area contributed by atoms with Crippen molar-refractivity contribution >= 4 is 0 Å². The molecule has 0 heteroatoms. The van der Waals surface area contributed by atoms with Gasteiger partial charge in [-0.05, 0) is 23.3 Å². The molecule has 0 aromatic heterocycles. The third-order valence-corrected chi connectivity index (χ3v) is 2.88. The Labute approximate surface area is 91.6 Å². The fraction of sp³-hybridized carbons (Fsp3) is 0.200. The van der Waals surface area contributed by atoms with Gasteiger partial charge in [-0.15, -0.1) is 0 Å². The van der Waals surface area contributed by atoms with E-state index in [0.29, 0.717) is 0 Å². The van der Waals surface area contributed by atoms with Gasteiger partial charge in [0.2, 0.25) is 0 Å². The standard InChI is InChI=1S/C15H14/c1-15(2,13-9-5-3-6-10-13)14-11-7-4-8-12-14/h5-12H,1-2H3. The summed E-state index contributed by atoms with van der Waals surface area (Å²) in [5.41, 5.74) is 2.67. The molecule has 2 radical (unpaired) electrons. The lowest BCUT2D eigenvalue weighted by Crippen LogP contribution is -2.18. The molecule has 0 spiro atoms. The Balaban J connectivity index is 2.44. The van der Waals surface area contributed by atoms with Gasteiger partial charge < -0.3 is 0 Å². The van der Waals surface area contributed by atoms with Crippen LogP contribution in [0.5, 0.6) is 0 Å². The zero-order chi connectivity index (χ0) is 10.7. The third-order valence-electron chi connectivity index (χ3n) is 2.88. The van der Waals surface area contributed by atoms with Gasteiger partial charge in [-0.2, -0.15) is 0 Å². The molecule has 0 fully saturated rings. The highest BCUT2D eigenvalue weighted by molar-refractivity contribution is 5.36. The van der Waals surface area contributed by atoms with Crippen molar-refractivity contribution in [2.45, 2.75) is 19.3 Å². The van der Waals surface area contributed by atoms with Crippen LogP contribution in [-0.4, -0.2) is 0 Å². The summed E-state index contributed by atoms with van der Waals surface area (Å²) in [6, 6.07) is 22.4. The topological polar surface area (TPSA) is 0 Å². The molecule has 0 amide bonds.